The van der Waals surface area contributed by atoms with Crippen LogP contribution in [0.2, 0.25) is 5.02 Å². The highest BCUT2D eigenvalue weighted by atomic mass is 35.5. The van der Waals surface area contributed by atoms with E-state index in [-0.39, 0.29) is 21.8 Å². The van der Waals surface area contributed by atoms with Gasteiger partial charge in [0.25, 0.3) is 0 Å². The van der Waals surface area contributed by atoms with Crippen molar-refractivity contribution in [3.63, 3.8) is 0 Å². The van der Waals surface area contributed by atoms with Crippen LogP contribution in [0.25, 0.3) is 0 Å². The van der Waals surface area contributed by atoms with Gasteiger partial charge in [-0.2, -0.15) is 0 Å². The van der Waals surface area contributed by atoms with Gasteiger partial charge in [-0.3, -0.25) is 4.79 Å². The Morgan fingerprint density at radius 1 is 1.15 bits per heavy atom. The highest BCUT2D eigenvalue weighted by Gasteiger charge is 2.18. The van der Waals surface area contributed by atoms with E-state index in [1.165, 1.54) is 25.3 Å². The number of benzene rings is 2. The zero-order valence-electron chi connectivity index (χ0n) is 10.4. The summed E-state index contributed by atoms with van der Waals surface area (Å²) >= 11 is 5.97. The van der Waals surface area contributed by atoms with Gasteiger partial charge in [-0.15, -0.1) is 0 Å². The van der Waals surface area contributed by atoms with Gasteiger partial charge >= 0.3 is 0 Å². The Hall–Kier alpha value is -2.14. The van der Waals surface area contributed by atoms with Crippen molar-refractivity contribution in [2.75, 3.05) is 12.8 Å². The van der Waals surface area contributed by atoms with Crippen LogP contribution >= 0.6 is 11.6 Å². The first-order valence-corrected chi connectivity index (χ1v) is 5.94. The number of carbonyl (C=O) groups excluding carboxylic acids is 1. The lowest BCUT2D eigenvalue weighted by Gasteiger charge is -2.08. The summed E-state index contributed by atoms with van der Waals surface area (Å²) in [5.41, 5.74) is 5.37. The molecule has 0 atom stereocenters. The number of anilines is 1. The lowest BCUT2D eigenvalue weighted by molar-refractivity contribution is 0.103. The van der Waals surface area contributed by atoms with Crippen LogP contribution in [0, 0.1) is 11.6 Å². The molecule has 0 saturated heterocycles. The predicted molar refractivity (Wildman–Crippen MR) is 72.2 cm³/mol. The number of methoxy groups -OCH3 is 1. The summed E-state index contributed by atoms with van der Waals surface area (Å²) in [6.45, 7) is 0. The van der Waals surface area contributed by atoms with E-state index in [1.807, 2.05) is 0 Å². The summed E-state index contributed by atoms with van der Waals surface area (Å²) in [6, 6.07) is 5.94. The van der Waals surface area contributed by atoms with Crippen LogP contribution in [0.4, 0.5) is 14.5 Å². The number of hydrogen-bond donors (Lipinski definition) is 1. The molecule has 0 unspecified atom stereocenters. The van der Waals surface area contributed by atoms with Gasteiger partial charge in [-0.05, 0) is 24.3 Å². The van der Waals surface area contributed by atoms with Crippen LogP contribution in [0.15, 0.2) is 30.3 Å². The zero-order valence-corrected chi connectivity index (χ0v) is 11.2. The van der Waals surface area contributed by atoms with Crippen LogP contribution < -0.4 is 10.5 Å². The number of ether oxygens (including phenoxy) is 1. The summed E-state index contributed by atoms with van der Waals surface area (Å²) in [5, 5.41) is 0.137. The molecule has 0 radical (unpaired) electrons. The fraction of sp³-hybridized carbons (Fsp3) is 0.0714. The van der Waals surface area contributed by atoms with Crippen molar-refractivity contribution in [1.82, 2.24) is 0 Å². The Labute approximate surface area is 118 Å². The molecule has 6 heteroatoms. The summed E-state index contributed by atoms with van der Waals surface area (Å²) in [4.78, 5) is 12.3. The van der Waals surface area contributed by atoms with E-state index in [9.17, 15) is 13.6 Å². The molecule has 0 aliphatic rings. The fourth-order valence-corrected chi connectivity index (χ4v) is 1.97. The average Bonchev–Trinajstić information content (AvgIpc) is 2.42. The third kappa shape index (κ3) is 2.58. The third-order valence-corrected chi connectivity index (χ3v) is 3.07. The number of rotatable bonds is 3. The summed E-state index contributed by atoms with van der Waals surface area (Å²) in [5.74, 6) is -2.37. The van der Waals surface area contributed by atoms with E-state index in [0.717, 1.165) is 12.1 Å². The van der Waals surface area contributed by atoms with E-state index in [2.05, 4.69) is 0 Å². The van der Waals surface area contributed by atoms with Gasteiger partial charge in [0.1, 0.15) is 5.75 Å². The largest absolute Gasteiger partial charge is 0.497 e. The van der Waals surface area contributed by atoms with Gasteiger partial charge in [0.05, 0.1) is 12.1 Å². The maximum atomic E-state index is 13.2. The highest BCUT2D eigenvalue weighted by Crippen LogP contribution is 2.27. The van der Waals surface area contributed by atoms with Crippen molar-refractivity contribution in [1.29, 1.82) is 0 Å². The van der Waals surface area contributed by atoms with E-state index < -0.39 is 17.4 Å². The molecule has 20 heavy (non-hydrogen) atoms. The van der Waals surface area contributed by atoms with Crippen molar-refractivity contribution >= 4 is 23.1 Å². The lowest BCUT2D eigenvalue weighted by atomic mass is 10.0. The fourth-order valence-electron chi connectivity index (χ4n) is 1.71. The first-order valence-electron chi connectivity index (χ1n) is 5.56. The van der Waals surface area contributed by atoms with Gasteiger partial charge in [0.2, 0.25) is 0 Å². The van der Waals surface area contributed by atoms with Gasteiger partial charge < -0.3 is 10.5 Å². The highest BCUT2D eigenvalue weighted by molar-refractivity contribution is 6.35. The monoisotopic (exact) mass is 297 g/mol. The van der Waals surface area contributed by atoms with E-state index in [0.29, 0.717) is 5.75 Å². The van der Waals surface area contributed by atoms with Crippen molar-refractivity contribution in [2.45, 2.75) is 0 Å². The molecule has 2 N–H and O–H groups in total. The number of hydrogen-bond acceptors (Lipinski definition) is 3. The Morgan fingerprint density at radius 2 is 1.80 bits per heavy atom. The molecule has 0 aromatic heterocycles. The third-order valence-electron chi connectivity index (χ3n) is 2.76. The molecule has 0 saturated carbocycles. The molecule has 3 nitrogen and oxygen atoms in total. The van der Waals surface area contributed by atoms with Gasteiger partial charge in [0.15, 0.2) is 17.4 Å². The molecule has 0 aliphatic heterocycles. The second kappa shape index (κ2) is 5.46. The minimum absolute atomic E-state index is 0.130. The second-order valence-electron chi connectivity index (χ2n) is 4.03. The molecule has 2 aromatic rings. The molecule has 0 spiro atoms. The molecule has 0 aliphatic carbocycles. The molecule has 104 valence electrons. The number of nitrogens with two attached hydrogens (primary N) is 1. The van der Waals surface area contributed by atoms with Gasteiger partial charge in [0, 0.05) is 22.9 Å². The van der Waals surface area contributed by atoms with Crippen molar-refractivity contribution in [2.24, 2.45) is 0 Å². The van der Waals surface area contributed by atoms with Crippen molar-refractivity contribution in [3.05, 3.63) is 58.1 Å². The normalized spacial score (nSPS) is 10.4. The number of nitrogen functional groups attached to an aromatic ring is 1. The number of ketones is 1. The first-order chi connectivity index (χ1) is 9.43. The molecule has 0 bridgehead atoms. The predicted octanol–water partition coefficient (Wildman–Crippen LogP) is 3.44. The Morgan fingerprint density at radius 3 is 2.40 bits per heavy atom. The topological polar surface area (TPSA) is 52.3 Å². The quantitative estimate of drug-likeness (QED) is 0.697. The van der Waals surface area contributed by atoms with E-state index in [1.54, 1.807) is 0 Å². The van der Waals surface area contributed by atoms with Gasteiger partial charge in [-0.25, -0.2) is 8.78 Å². The molecule has 2 aromatic carbocycles. The minimum Gasteiger partial charge on any atom is -0.497 e. The lowest BCUT2D eigenvalue weighted by Crippen LogP contribution is -2.08. The minimum atomic E-state index is -1.15. The maximum Gasteiger partial charge on any atom is 0.196 e. The smallest absolute Gasteiger partial charge is 0.196 e. The Bertz CT molecular complexity index is 689. The maximum absolute atomic E-state index is 13.2. The second-order valence-corrected chi connectivity index (χ2v) is 4.44. The Kier molecular flexibility index (Phi) is 3.90. The van der Waals surface area contributed by atoms with Crippen LogP contribution in [0.1, 0.15) is 15.9 Å². The number of carbonyl (C=O) groups is 1. The molecule has 0 heterocycles. The standard InChI is InChI=1S/C14H10ClF2NO2/c1-20-7-2-3-8(10(15)4-7)14(19)9-5-11(16)12(17)6-13(9)18/h2-6H,18H2,1H3. The molecule has 2 rings (SSSR count). The van der Waals surface area contributed by atoms with Crippen LogP contribution in [0.5, 0.6) is 5.75 Å². The Balaban J connectivity index is 2.49. The summed E-state index contributed by atoms with van der Waals surface area (Å²) in [7, 11) is 1.46. The van der Waals surface area contributed by atoms with Crippen molar-refractivity contribution in [3.8, 4) is 5.75 Å². The zero-order chi connectivity index (χ0) is 14.9. The van der Waals surface area contributed by atoms with Gasteiger partial charge in [-0.1, -0.05) is 11.6 Å². The van der Waals surface area contributed by atoms with Crippen LogP contribution in [0.3, 0.4) is 0 Å². The number of halogens is 3. The van der Waals surface area contributed by atoms with Crippen LogP contribution in [-0.2, 0) is 0 Å². The van der Waals surface area contributed by atoms with E-state index in [4.69, 9.17) is 22.1 Å². The van der Waals surface area contributed by atoms with Crippen molar-refractivity contribution < 1.29 is 18.3 Å². The molecule has 0 amide bonds. The average molecular weight is 298 g/mol. The molecule has 0 fully saturated rings. The summed E-state index contributed by atoms with van der Waals surface area (Å²) in [6.07, 6.45) is 0. The molecular weight excluding hydrogens is 288 g/mol. The molecular formula is C14H10ClF2NO2. The van der Waals surface area contributed by atoms with E-state index >= 15 is 0 Å². The SMILES string of the molecule is COc1ccc(C(=O)c2cc(F)c(F)cc2N)c(Cl)c1. The summed E-state index contributed by atoms with van der Waals surface area (Å²) < 4.78 is 31.2. The van der Waals surface area contributed by atoms with Crippen LogP contribution in [-0.4, -0.2) is 12.9 Å². The first kappa shape index (κ1) is 14.3.